The van der Waals surface area contributed by atoms with Gasteiger partial charge in [0, 0.05) is 19.5 Å². The van der Waals surface area contributed by atoms with Crippen molar-refractivity contribution in [2.24, 2.45) is 0 Å². The number of nitrogens with zero attached hydrogens (tertiary/aromatic N) is 6. The van der Waals surface area contributed by atoms with E-state index in [0.717, 1.165) is 25.9 Å². The molecule has 0 radical (unpaired) electrons. The molecule has 0 aliphatic carbocycles. The van der Waals surface area contributed by atoms with Gasteiger partial charge < -0.3 is 14.3 Å². The molecule has 2 aliphatic rings. The first-order chi connectivity index (χ1) is 13.4. The number of amides is 2. The monoisotopic (exact) mass is 390 g/mol. The van der Waals surface area contributed by atoms with Crippen LogP contribution in [0.1, 0.15) is 51.6 Å². The molecule has 2 aromatic heterocycles. The molecule has 150 valence electrons. The first kappa shape index (κ1) is 18.6. The normalized spacial score (nSPS) is 22.2. The van der Waals surface area contributed by atoms with Crippen molar-refractivity contribution in [3.8, 4) is 0 Å². The lowest BCUT2D eigenvalue weighted by Gasteiger charge is -2.24. The molecule has 2 aromatic rings. The van der Waals surface area contributed by atoms with Gasteiger partial charge in [0.15, 0.2) is 5.69 Å². The third-order valence-corrected chi connectivity index (χ3v) is 5.42. The zero-order valence-electron chi connectivity index (χ0n) is 16.0. The number of hydrogen-bond donors (Lipinski definition) is 0. The fourth-order valence-electron chi connectivity index (χ4n) is 4.00. The van der Waals surface area contributed by atoms with Gasteiger partial charge in [0.25, 0.3) is 11.8 Å². The molecule has 9 nitrogen and oxygen atoms in total. The molecule has 0 N–H and O–H groups in total. The molecule has 2 aliphatic heterocycles. The molecule has 0 bridgehead atoms. The van der Waals surface area contributed by atoms with Gasteiger partial charge in [-0.05, 0) is 26.7 Å². The van der Waals surface area contributed by atoms with E-state index >= 15 is 0 Å². The molecule has 2 saturated heterocycles. The molecule has 28 heavy (non-hydrogen) atoms. The summed E-state index contributed by atoms with van der Waals surface area (Å²) in [4.78, 5) is 28.6. The Morgan fingerprint density at radius 1 is 1.25 bits per heavy atom. The number of aryl methyl sites for hydroxylation is 2. The van der Waals surface area contributed by atoms with Crippen molar-refractivity contribution in [2.45, 2.75) is 51.9 Å². The number of rotatable bonds is 4. The van der Waals surface area contributed by atoms with Crippen molar-refractivity contribution in [3.63, 3.8) is 0 Å². The fraction of sp³-hybridized carbons (Fsp3) is 0.611. The number of hydrogen-bond acceptors (Lipinski definition) is 6. The molecule has 2 fully saturated rings. The van der Waals surface area contributed by atoms with Crippen LogP contribution < -0.4 is 0 Å². The molecule has 0 spiro atoms. The maximum absolute atomic E-state index is 14.1. The van der Waals surface area contributed by atoms with E-state index in [1.807, 2.05) is 0 Å². The minimum absolute atomic E-state index is 0.0157. The van der Waals surface area contributed by atoms with Crippen LogP contribution >= 0.6 is 0 Å². The van der Waals surface area contributed by atoms with Crippen LogP contribution in [0, 0.1) is 13.8 Å². The average Bonchev–Trinajstić information content (AvgIpc) is 3.43. The standard InChI is InChI=1S/C18H23FN6O3/c1-11-16(12(2)28-21-11)18(27)25-8-13(19)7-14(25)9-24-10-15(20-22-24)17(26)23-5-3-4-6-23/h10,13-14H,3-9H2,1-2H3/t13-,14-/m0/s1. The maximum atomic E-state index is 14.1. The SMILES string of the molecule is Cc1noc(C)c1C(=O)N1C[C@@H](F)C[C@H]1Cn1cc(C(=O)N2CCCC2)nn1. The van der Waals surface area contributed by atoms with E-state index in [0.29, 0.717) is 17.0 Å². The molecule has 0 unspecified atom stereocenters. The van der Waals surface area contributed by atoms with Gasteiger partial charge in [0.1, 0.15) is 17.5 Å². The van der Waals surface area contributed by atoms with Crippen molar-refractivity contribution < 1.29 is 18.5 Å². The lowest BCUT2D eigenvalue weighted by molar-refractivity contribution is 0.0711. The Bertz CT molecular complexity index is 868. The summed E-state index contributed by atoms with van der Waals surface area (Å²) in [5.74, 6) is -0.0140. The number of halogens is 1. The van der Waals surface area contributed by atoms with E-state index in [9.17, 15) is 14.0 Å². The van der Waals surface area contributed by atoms with Crippen LogP contribution in [0.4, 0.5) is 4.39 Å². The first-order valence-electron chi connectivity index (χ1n) is 9.51. The van der Waals surface area contributed by atoms with Crippen LogP contribution in [-0.2, 0) is 6.54 Å². The number of aromatic nitrogens is 4. The zero-order chi connectivity index (χ0) is 19.8. The van der Waals surface area contributed by atoms with E-state index in [1.54, 1.807) is 24.9 Å². The maximum Gasteiger partial charge on any atom is 0.276 e. The predicted octanol–water partition coefficient (Wildman–Crippen LogP) is 1.37. The molecule has 2 atom stereocenters. The highest BCUT2D eigenvalue weighted by Crippen LogP contribution is 2.26. The van der Waals surface area contributed by atoms with Crippen molar-refractivity contribution in [1.29, 1.82) is 0 Å². The van der Waals surface area contributed by atoms with Gasteiger partial charge in [0.2, 0.25) is 0 Å². The summed E-state index contributed by atoms with van der Waals surface area (Å²) in [6.45, 7) is 5.11. The third-order valence-electron chi connectivity index (χ3n) is 5.42. The molecule has 0 saturated carbocycles. The van der Waals surface area contributed by atoms with Crippen molar-refractivity contribution >= 4 is 11.8 Å². The zero-order valence-corrected chi connectivity index (χ0v) is 16.0. The van der Waals surface area contributed by atoms with Crippen LogP contribution in [0.3, 0.4) is 0 Å². The summed E-state index contributed by atoms with van der Waals surface area (Å²) in [5.41, 5.74) is 1.14. The van der Waals surface area contributed by atoms with Crippen LogP contribution in [0.25, 0.3) is 0 Å². The fourth-order valence-corrected chi connectivity index (χ4v) is 4.00. The second-order valence-electron chi connectivity index (χ2n) is 7.47. The summed E-state index contributed by atoms with van der Waals surface area (Å²) >= 11 is 0. The number of alkyl halides is 1. The Hall–Kier alpha value is -2.78. The highest BCUT2D eigenvalue weighted by molar-refractivity contribution is 5.96. The Morgan fingerprint density at radius 2 is 2.00 bits per heavy atom. The third kappa shape index (κ3) is 3.38. The van der Waals surface area contributed by atoms with E-state index < -0.39 is 6.17 Å². The second kappa shape index (κ2) is 7.33. The Balaban J connectivity index is 1.49. The van der Waals surface area contributed by atoms with Crippen molar-refractivity contribution in [3.05, 3.63) is 28.9 Å². The van der Waals surface area contributed by atoms with E-state index in [4.69, 9.17) is 4.52 Å². The topological polar surface area (TPSA) is 97.4 Å². The van der Waals surface area contributed by atoms with Gasteiger partial charge in [-0.2, -0.15) is 0 Å². The van der Waals surface area contributed by atoms with Crippen LogP contribution in [0.5, 0.6) is 0 Å². The van der Waals surface area contributed by atoms with Crippen LogP contribution in [0.15, 0.2) is 10.7 Å². The molecular formula is C18H23FN6O3. The lowest BCUT2D eigenvalue weighted by atomic mass is 10.1. The minimum Gasteiger partial charge on any atom is -0.361 e. The summed E-state index contributed by atoms with van der Waals surface area (Å²) in [6.07, 6.45) is 2.68. The van der Waals surface area contributed by atoms with Gasteiger partial charge >= 0.3 is 0 Å². The summed E-state index contributed by atoms with van der Waals surface area (Å²) in [5, 5.41) is 11.8. The van der Waals surface area contributed by atoms with Crippen molar-refractivity contribution in [1.82, 2.24) is 30.0 Å². The second-order valence-corrected chi connectivity index (χ2v) is 7.47. The largest absolute Gasteiger partial charge is 0.361 e. The molecule has 2 amide bonds. The van der Waals surface area contributed by atoms with Crippen molar-refractivity contribution in [2.75, 3.05) is 19.6 Å². The van der Waals surface area contributed by atoms with Gasteiger partial charge in [-0.25, -0.2) is 9.07 Å². The van der Waals surface area contributed by atoms with E-state index in [-0.39, 0.29) is 43.1 Å². The molecule has 0 aromatic carbocycles. The highest BCUT2D eigenvalue weighted by atomic mass is 19.1. The smallest absolute Gasteiger partial charge is 0.276 e. The van der Waals surface area contributed by atoms with Gasteiger partial charge in [-0.1, -0.05) is 10.4 Å². The highest BCUT2D eigenvalue weighted by Gasteiger charge is 2.38. The predicted molar refractivity (Wildman–Crippen MR) is 95.5 cm³/mol. The van der Waals surface area contributed by atoms with E-state index in [1.165, 1.54) is 9.58 Å². The lowest BCUT2D eigenvalue weighted by Crippen LogP contribution is -2.38. The van der Waals surface area contributed by atoms with Gasteiger partial charge in [0.05, 0.1) is 31.0 Å². The Labute approximate surface area is 161 Å². The molecular weight excluding hydrogens is 367 g/mol. The average molecular weight is 390 g/mol. The molecule has 4 heterocycles. The Morgan fingerprint density at radius 3 is 2.68 bits per heavy atom. The summed E-state index contributed by atoms with van der Waals surface area (Å²) in [7, 11) is 0. The number of likely N-dealkylation sites (tertiary alicyclic amines) is 2. The quantitative estimate of drug-likeness (QED) is 0.782. The Kier molecular flexibility index (Phi) is 4.86. The summed E-state index contributed by atoms with van der Waals surface area (Å²) < 4.78 is 20.7. The first-order valence-corrected chi connectivity index (χ1v) is 9.51. The van der Waals surface area contributed by atoms with E-state index in [2.05, 4.69) is 15.5 Å². The van der Waals surface area contributed by atoms with Crippen LogP contribution in [0.2, 0.25) is 0 Å². The van der Waals surface area contributed by atoms with Gasteiger partial charge in [-0.15, -0.1) is 5.10 Å². The number of carbonyl (C=O) groups excluding carboxylic acids is 2. The number of carbonyl (C=O) groups is 2. The molecule has 4 rings (SSSR count). The minimum atomic E-state index is -1.11. The van der Waals surface area contributed by atoms with Crippen LogP contribution in [-0.4, -0.2) is 73.6 Å². The molecule has 10 heteroatoms. The van der Waals surface area contributed by atoms with Gasteiger partial charge in [-0.3, -0.25) is 9.59 Å². The summed E-state index contributed by atoms with van der Waals surface area (Å²) in [6, 6.07) is -0.382.